The van der Waals surface area contributed by atoms with Crippen LogP contribution in [0.15, 0.2) is 40.8 Å². The smallest absolute Gasteiger partial charge is 0.335 e. The lowest BCUT2D eigenvalue weighted by atomic mass is 10.2. The van der Waals surface area contributed by atoms with Gasteiger partial charge in [-0.15, -0.1) is 0 Å². The number of fused-ring (bicyclic) bond motifs is 2. The molecule has 0 atom stereocenters. The van der Waals surface area contributed by atoms with Crippen molar-refractivity contribution in [1.29, 1.82) is 0 Å². The number of benzene rings is 2. The van der Waals surface area contributed by atoms with E-state index in [1.807, 2.05) is 6.07 Å². The molecule has 0 fully saturated rings. The van der Waals surface area contributed by atoms with Crippen LogP contribution in [0.2, 0.25) is 0 Å². The van der Waals surface area contributed by atoms with Gasteiger partial charge in [0.05, 0.1) is 5.56 Å². The summed E-state index contributed by atoms with van der Waals surface area (Å²) in [5, 5.41) is 8.99. The Morgan fingerprint density at radius 3 is 2.81 bits per heavy atom. The van der Waals surface area contributed by atoms with Crippen molar-refractivity contribution in [2.24, 2.45) is 0 Å². The van der Waals surface area contributed by atoms with Crippen molar-refractivity contribution in [3.8, 4) is 23.0 Å². The minimum absolute atomic E-state index is 0.174. The summed E-state index contributed by atoms with van der Waals surface area (Å²) in [5.41, 5.74) is 1.95. The molecule has 1 N–H and O–H groups in total. The second-order valence-corrected chi connectivity index (χ2v) is 4.57. The summed E-state index contributed by atoms with van der Waals surface area (Å²) in [6, 6.07) is 9.95. The highest BCUT2D eigenvalue weighted by Gasteiger charge is 2.17. The van der Waals surface area contributed by atoms with Gasteiger partial charge in [-0.3, -0.25) is 0 Å². The van der Waals surface area contributed by atoms with Crippen molar-refractivity contribution in [2.75, 3.05) is 6.79 Å². The summed E-state index contributed by atoms with van der Waals surface area (Å²) in [7, 11) is 0. The summed E-state index contributed by atoms with van der Waals surface area (Å²) in [4.78, 5) is 15.3. The molecule has 4 rings (SSSR count). The molecule has 0 unspecified atom stereocenters. The van der Waals surface area contributed by atoms with Gasteiger partial charge in [0, 0.05) is 5.56 Å². The van der Waals surface area contributed by atoms with E-state index in [1.165, 1.54) is 12.1 Å². The van der Waals surface area contributed by atoms with Crippen molar-refractivity contribution in [3.63, 3.8) is 0 Å². The van der Waals surface area contributed by atoms with Gasteiger partial charge in [-0.1, -0.05) is 0 Å². The lowest BCUT2D eigenvalue weighted by Crippen LogP contribution is -1.94. The molecule has 0 bridgehead atoms. The highest BCUT2D eigenvalue weighted by molar-refractivity contribution is 5.92. The van der Waals surface area contributed by atoms with E-state index in [-0.39, 0.29) is 12.4 Å². The van der Waals surface area contributed by atoms with Crippen LogP contribution >= 0.6 is 0 Å². The molecule has 0 amide bonds. The van der Waals surface area contributed by atoms with E-state index in [0.29, 0.717) is 28.5 Å². The van der Waals surface area contributed by atoms with Gasteiger partial charge in [0.15, 0.2) is 17.1 Å². The molecule has 0 aliphatic carbocycles. The first-order valence-corrected chi connectivity index (χ1v) is 6.24. The largest absolute Gasteiger partial charge is 0.478 e. The number of hydrogen-bond donors (Lipinski definition) is 1. The first-order valence-electron chi connectivity index (χ1n) is 6.24. The molecule has 1 aliphatic heterocycles. The highest BCUT2D eigenvalue weighted by atomic mass is 16.7. The molecule has 0 saturated heterocycles. The Kier molecular flexibility index (Phi) is 2.38. The van der Waals surface area contributed by atoms with Crippen molar-refractivity contribution < 1.29 is 23.8 Å². The van der Waals surface area contributed by atoms with E-state index in [4.69, 9.17) is 19.0 Å². The van der Waals surface area contributed by atoms with E-state index < -0.39 is 5.97 Å². The van der Waals surface area contributed by atoms with Crippen LogP contribution in [-0.4, -0.2) is 22.9 Å². The van der Waals surface area contributed by atoms with Gasteiger partial charge in [-0.2, -0.15) is 0 Å². The van der Waals surface area contributed by atoms with Crippen molar-refractivity contribution in [1.82, 2.24) is 4.98 Å². The maximum Gasteiger partial charge on any atom is 0.335 e. The maximum atomic E-state index is 11.0. The molecule has 6 nitrogen and oxygen atoms in total. The van der Waals surface area contributed by atoms with Gasteiger partial charge in [-0.25, -0.2) is 9.78 Å². The van der Waals surface area contributed by atoms with Gasteiger partial charge in [0.25, 0.3) is 0 Å². The second-order valence-electron chi connectivity index (χ2n) is 4.57. The summed E-state index contributed by atoms with van der Waals surface area (Å²) in [6.07, 6.45) is 0. The number of carboxylic acid groups (broad SMARTS) is 1. The van der Waals surface area contributed by atoms with Crippen LogP contribution in [0.5, 0.6) is 11.5 Å². The molecule has 2 heterocycles. The van der Waals surface area contributed by atoms with Gasteiger partial charge < -0.3 is 19.0 Å². The van der Waals surface area contributed by atoms with Crippen molar-refractivity contribution >= 4 is 17.1 Å². The monoisotopic (exact) mass is 283 g/mol. The predicted molar refractivity (Wildman–Crippen MR) is 72.5 cm³/mol. The summed E-state index contributed by atoms with van der Waals surface area (Å²) in [6.45, 7) is 0.203. The number of nitrogens with zero attached hydrogens (tertiary/aromatic N) is 1. The quantitative estimate of drug-likeness (QED) is 0.778. The zero-order valence-electron chi connectivity index (χ0n) is 10.7. The average molecular weight is 283 g/mol. The Labute approximate surface area is 118 Å². The molecule has 3 aromatic rings. The van der Waals surface area contributed by atoms with Gasteiger partial charge in [0.2, 0.25) is 12.7 Å². The number of rotatable bonds is 2. The van der Waals surface area contributed by atoms with Gasteiger partial charge in [-0.05, 0) is 36.4 Å². The molecule has 21 heavy (non-hydrogen) atoms. The number of carboxylic acids is 1. The molecule has 0 saturated carbocycles. The van der Waals surface area contributed by atoms with E-state index >= 15 is 0 Å². The predicted octanol–water partition coefficient (Wildman–Crippen LogP) is 2.92. The molecule has 1 aromatic heterocycles. The Morgan fingerprint density at radius 2 is 1.95 bits per heavy atom. The van der Waals surface area contributed by atoms with Crippen LogP contribution in [0.1, 0.15) is 10.4 Å². The Hall–Kier alpha value is -3.02. The molecule has 2 aromatic carbocycles. The summed E-state index contributed by atoms with van der Waals surface area (Å²) >= 11 is 0. The lowest BCUT2D eigenvalue weighted by Gasteiger charge is -1.98. The summed E-state index contributed by atoms with van der Waals surface area (Å²) < 4.78 is 16.2. The molecule has 0 radical (unpaired) electrons. The number of aromatic nitrogens is 1. The number of oxazole rings is 1. The van der Waals surface area contributed by atoms with Crippen LogP contribution in [0.4, 0.5) is 0 Å². The van der Waals surface area contributed by atoms with Crippen molar-refractivity contribution in [2.45, 2.75) is 0 Å². The Morgan fingerprint density at radius 1 is 1.10 bits per heavy atom. The maximum absolute atomic E-state index is 11.0. The van der Waals surface area contributed by atoms with Crippen LogP contribution < -0.4 is 9.47 Å². The summed E-state index contributed by atoms with van der Waals surface area (Å²) in [5.74, 6) is 0.736. The van der Waals surface area contributed by atoms with Gasteiger partial charge in [0.1, 0.15) is 5.52 Å². The number of aromatic carboxylic acids is 1. The number of ether oxygens (including phenoxy) is 2. The third-order valence-electron chi connectivity index (χ3n) is 3.25. The minimum Gasteiger partial charge on any atom is -0.478 e. The highest BCUT2D eigenvalue weighted by Crippen LogP contribution is 2.36. The zero-order valence-corrected chi connectivity index (χ0v) is 10.7. The standard InChI is InChI=1S/C15H9NO5/c17-15(18)9-2-3-11-10(5-9)16-14(21-11)8-1-4-12-13(6-8)20-7-19-12/h1-6H,7H2,(H,17,18). The fourth-order valence-electron chi connectivity index (χ4n) is 2.21. The average Bonchev–Trinajstić information content (AvgIpc) is 3.11. The van der Waals surface area contributed by atoms with Crippen LogP contribution in [0, 0.1) is 0 Å². The van der Waals surface area contributed by atoms with E-state index in [9.17, 15) is 4.79 Å². The van der Waals surface area contributed by atoms with Crippen molar-refractivity contribution in [3.05, 3.63) is 42.0 Å². The molecular weight excluding hydrogens is 274 g/mol. The SMILES string of the molecule is O=C(O)c1ccc2oc(-c3ccc4c(c3)OCO4)nc2c1. The fourth-order valence-corrected chi connectivity index (χ4v) is 2.21. The fraction of sp³-hybridized carbons (Fsp3) is 0.0667. The normalized spacial score (nSPS) is 12.8. The second kappa shape index (κ2) is 4.24. The van der Waals surface area contributed by atoms with Crippen LogP contribution in [0.3, 0.4) is 0 Å². The van der Waals surface area contributed by atoms with Gasteiger partial charge >= 0.3 is 5.97 Å². The first kappa shape index (κ1) is 11.8. The Bertz CT molecular complexity index is 868. The topological polar surface area (TPSA) is 81.8 Å². The lowest BCUT2D eigenvalue weighted by molar-refractivity contribution is 0.0697. The first-order chi connectivity index (χ1) is 10.2. The van der Waals surface area contributed by atoms with E-state index in [1.54, 1.807) is 18.2 Å². The molecule has 6 heteroatoms. The zero-order chi connectivity index (χ0) is 14.4. The van der Waals surface area contributed by atoms with E-state index in [2.05, 4.69) is 4.98 Å². The third kappa shape index (κ3) is 1.88. The minimum atomic E-state index is -0.996. The van der Waals surface area contributed by atoms with Crippen LogP contribution in [-0.2, 0) is 0 Å². The van der Waals surface area contributed by atoms with Crippen LogP contribution in [0.25, 0.3) is 22.6 Å². The molecule has 104 valence electrons. The molecule has 1 aliphatic rings. The molecule has 0 spiro atoms. The third-order valence-corrected chi connectivity index (χ3v) is 3.25. The number of hydrogen-bond acceptors (Lipinski definition) is 5. The number of carbonyl (C=O) groups is 1. The molecular formula is C15H9NO5. The van der Waals surface area contributed by atoms with E-state index in [0.717, 1.165) is 5.56 Å². The Balaban J connectivity index is 1.81.